The summed E-state index contributed by atoms with van der Waals surface area (Å²) in [5.74, 6) is -1.25. The monoisotopic (exact) mass is 934 g/mol. The topological polar surface area (TPSA) is 171 Å². The summed E-state index contributed by atoms with van der Waals surface area (Å²) in [6, 6.07) is 8.46. The molecule has 5 aliphatic rings. The average Bonchev–Trinajstić information content (AvgIpc) is 4.24. The van der Waals surface area contributed by atoms with Gasteiger partial charge in [0.25, 0.3) is 5.91 Å². The van der Waals surface area contributed by atoms with E-state index in [2.05, 4.69) is 51.8 Å². The zero-order chi connectivity index (χ0) is 48.6. The fourth-order valence-electron chi connectivity index (χ4n) is 8.33. The van der Waals surface area contributed by atoms with E-state index in [-0.39, 0.29) is 66.2 Å². The lowest BCUT2D eigenvalue weighted by Crippen LogP contribution is -2.56. The van der Waals surface area contributed by atoms with Crippen molar-refractivity contribution in [2.45, 2.75) is 120 Å². The molecule has 13 nitrogen and oxygen atoms in total. The molecule has 2 saturated carbocycles. The van der Waals surface area contributed by atoms with E-state index >= 15 is 0 Å². The highest BCUT2D eigenvalue weighted by atomic mass is 32.2. The second-order valence-corrected chi connectivity index (χ2v) is 18.2. The molecule has 17 heteroatoms. The van der Waals surface area contributed by atoms with Crippen molar-refractivity contribution < 1.29 is 41.3 Å². The predicted molar refractivity (Wildman–Crippen MR) is 250 cm³/mol. The minimum absolute atomic E-state index is 0.0108. The van der Waals surface area contributed by atoms with Crippen molar-refractivity contribution in [2.75, 3.05) is 26.7 Å². The number of amides is 4. The van der Waals surface area contributed by atoms with Crippen molar-refractivity contribution in [3.05, 3.63) is 70.7 Å². The Balaban J connectivity index is 0.000000224. The lowest BCUT2D eigenvalue weighted by Gasteiger charge is -2.32. The van der Waals surface area contributed by atoms with Crippen LogP contribution in [0.2, 0.25) is 0 Å². The van der Waals surface area contributed by atoms with Gasteiger partial charge in [-0.2, -0.15) is 13.2 Å². The van der Waals surface area contributed by atoms with E-state index in [9.17, 15) is 41.4 Å². The summed E-state index contributed by atoms with van der Waals surface area (Å²) in [6.45, 7) is 4.39. The third kappa shape index (κ3) is 13.8. The number of alkyl halides is 3. The maximum absolute atomic E-state index is 13.1. The first kappa shape index (κ1) is 52.7. The van der Waals surface area contributed by atoms with Crippen molar-refractivity contribution in [3.63, 3.8) is 0 Å². The number of carbonyl (C=O) groups is 4. The van der Waals surface area contributed by atoms with Gasteiger partial charge in [0.05, 0.1) is 29.5 Å². The summed E-state index contributed by atoms with van der Waals surface area (Å²) in [4.78, 5) is 72.2. The summed E-state index contributed by atoms with van der Waals surface area (Å²) in [5, 5.41) is 3.67. The highest BCUT2D eigenvalue weighted by molar-refractivity contribution is 7.84. The molecule has 2 aromatic heterocycles. The number of rotatable bonds is 5. The molecule has 5 heterocycles. The molecular formula is C49H61F3N6O7S. The molecule has 2 unspecified atom stereocenters. The molecule has 8 rings (SSSR count). The van der Waals surface area contributed by atoms with Crippen LogP contribution >= 0.6 is 0 Å². The van der Waals surface area contributed by atoms with Crippen LogP contribution in [0.1, 0.15) is 96.0 Å². The Kier molecular flexibility index (Phi) is 19.6. The lowest BCUT2D eigenvalue weighted by molar-refractivity contribution is -0.186. The van der Waals surface area contributed by atoms with Crippen LogP contribution in [0.4, 0.5) is 13.2 Å². The number of terminal acetylenes is 2. The smallest absolute Gasteiger partial charge is 0.391 e. The molecule has 4 atom stereocenters. The van der Waals surface area contributed by atoms with Crippen molar-refractivity contribution in [1.82, 2.24) is 29.8 Å². The van der Waals surface area contributed by atoms with Crippen molar-refractivity contribution in [1.29, 1.82) is 0 Å². The molecule has 1 aromatic carbocycles. The third-order valence-corrected chi connectivity index (χ3v) is 13.8. The van der Waals surface area contributed by atoms with Crippen LogP contribution in [-0.4, -0.2) is 97.4 Å². The Morgan fingerprint density at radius 1 is 0.955 bits per heavy atom. The Bertz CT molecular complexity index is 2300. The van der Waals surface area contributed by atoms with E-state index in [4.69, 9.17) is 4.74 Å². The number of aromatic nitrogens is 2. The van der Waals surface area contributed by atoms with Gasteiger partial charge in [-0.25, -0.2) is 4.21 Å². The van der Waals surface area contributed by atoms with Gasteiger partial charge in [0, 0.05) is 73.9 Å². The zero-order valence-corrected chi connectivity index (χ0v) is 38.7. The fraction of sp³-hybridized carbons (Fsp3) is 0.510. The van der Waals surface area contributed by atoms with Gasteiger partial charge in [0.15, 0.2) is 5.43 Å². The maximum Gasteiger partial charge on any atom is 0.391 e. The van der Waals surface area contributed by atoms with E-state index in [0.29, 0.717) is 31.2 Å². The number of hydrogen-bond acceptors (Lipinski definition) is 8. The Morgan fingerprint density at radius 3 is 2.27 bits per heavy atom. The van der Waals surface area contributed by atoms with Gasteiger partial charge in [-0.3, -0.25) is 33.7 Å². The van der Waals surface area contributed by atoms with Crippen LogP contribution < -0.4 is 20.2 Å². The summed E-state index contributed by atoms with van der Waals surface area (Å²) < 4.78 is 56.7. The molecule has 66 heavy (non-hydrogen) atoms. The van der Waals surface area contributed by atoms with Gasteiger partial charge in [0.2, 0.25) is 17.7 Å². The molecule has 3 aliphatic heterocycles. The molecule has 0 spiro atoms. The molecule has 3 aromatic rings. The van der Waals surface area contributed by atoms with Crippen LogP contribution in [0.15, 0.2) is 59.7 Å². The number of allylic oxidation sites excluding steroid dienone is 1. The molecule has 2 saturated heterocycles. The number of benzene rings is 1. The number of nitrogens with zero attached hydrogens (tertiary/aromatic N) is 3. The van der Waals surface area contributed by atoms with E-state index < -0.39 is 34.7 Å². The Hall–Kier alpha value is -5.94. The van der Waals surface area contributed by atoms with Crippen molar-refractivity contribution in [3.8, 4) is 42.7 Å². The Morgan fingerprint density at radius 2 is 1.65 bits per heavy atom. The highest BCUT2D eigenvalue weighted by Gasteiger charge is 2.61. The van der Waals surface area contributed by atoms with Gasteiger partial charge in [0.1, 0.15) is 28.3 Å². The number of halogens is 3. The van der Waals surface area contributed by atoms with Crippen molar-refractivity contribution in [2.24, 2.45) is 11.8 Å². The molecule has 4 amide bonds. The number of pyridine rings is 2. The largest absolute Gasteiger partial charge is 0.496 e. The van der Waals surface area contributed by atoms with Crippen LogP contribution in [0.3, 0.4) is 0 Å². The van der Waals surface area contributed by atoms with Crippen LogP contribution in [0.25, 0.3) is 22.2 Å². The quantitative estimate of drug-likeness (QED) is 0.183. The van der Waals surface area contributed by atoms with E-state index in [1.54, 1.807) is 36.5 Å². The first-order chi connectivity index (χ1) is 31.6. The predicted octanol–water partition coefficient (Wildman–Crippen LogP) is 6.92. The number of aromatic amines is 1. The highest BCUT2D eigenvalue weighted by Crippen LogP contribution is 2.46. The van der Waals surface area contributed by atoms with Crippen molar-refractivity contribution >= 4 is 45.5 Å². The summed E-state index contributed by atoms with van der Waals surface area (Å²) in [6.07, 6.45) is 28.7. The van der Waals surface area contributed by atoms with Gasteiger partial charge in [-0.1, -0.05) is 25.0 Å². The third-order valence-electron chi connectivity index (χ3n) is 12.4. The Labute approximate surface area is 387 Å². The van der Waals surface area contributed by atoms with Crippen LogP contribution in [-0.2, 0) is 30.2 Å². The first-order valence-corrected chi connectivity index (χ1v) is 23.4. The molecule has 2 aliphatic carbocycles. The SMILES string of the molecule is C#C.C#C.CC(=O)N1CCC(C(F)(F)F)CC1.COc1ccc2c(=O)cc(-c3cccnc3)[nH]c2c1C.O=C1N[C@]2(C(=O)NS(=O)C3CC3)CC2/C=C\CCCCCCC(=O)N2CCC[C@@H]12. The van der Waals surface area contributed by atoms with E-state index in [1.165, 1.54) is 11.8 Å². The molecule has 3 N–H and O–H groups in total. The standard InChI is InChI=1S/C21H31N3O4S.C16H14N2O2.C8H12F3NO.2C2H2/c25-18-10-6-4-2-1-3-5-8-15-14-21(15,20(27)23-29(28)16-11-12-16)22-19(26)17-9-7-13-24(17)18;1-10-15(20-2)6-5-12-14(19)8-13(18-16(10)12)11-4-3-7-17-9-11;1-6(13)12-4-2-7(3-5-12)8(9,10)11;2*1-2/h5,8,15-17H,1-4,6-7,9-14H2,(H,22,26)(H,23,27);3-9H,1-2H3,(H,18,19);7H,2-5H2,1H3;2*1-2H/b8-5-;;;;/t15?,17-,21+,29?;;;;/m0..../s1. The van der Waals surface area contributed by atoms with E-state index in [1.807, 2.05) is 31.2 Å². The van der Waals surface area contributed by atoms with E-state index in [0.717, 1.165) is 79.5 Å². The van der Waals surface area contributed by atoms with Gasteiger partial charge in [-0.05, 0) is 95.4 Å². The van der Waals surface area contributed by atoms with Gasteiger partial charge in [-0.15, -0.1) is 25.7 Å². The number of nitrogens with one attached hydrogen (secondary N) is 3. The summed E-state index contributed by atoms with van der Waals surface area (Å²) in [7, 11) is 0.238. The number of fused-ring (bicyclic) bond motifs is 3. The molecule has 0 radical (unpaired) electrons. The first-order valence-electron chi connectivity index (χ1n) is 22.2. The number of H-pyrrole nitrogens is 1. The molecular weight excluding hydrogens is 874 g/mol. The number of likely N-dealkylation sites (tertiary alicyclic amines) is 1. The summed E-state index contributed by atoms with van der Waals surface area (Å²) in [5.41, 5.74) is 2.32. The molecule has 356 valence electrons. The lowest BCUT2D eigenvalue weighted by atomic mass is 9.96. The normalized spacial score (nSPS) is 22.9. The second kappa shape index (κ2) is 24.5. The van der Waals surface area contributed by atoms with Gasteiger partial charge >= 0.3 is 6.18 Å². The van der Waals surface area contributed by atoms with Crippen LogP contribution in [0, 0.1) is 44.5 Å². The second-order valence-electron chi connectivity index (χ2n) is 16.8. The molecule has 0 bridgehead atoms. The maximum atomic E-state index is 13.1. The average molecular weight is 935 g/mol. The number of aryl methyl sites for hydroxylation is 1. The van der Waals surface area contributed by atoms with Gasteiger partial charge < -0.3 is 24.8 Å². The van der Waals surface area contributed by atoms with Crippen LogP contribution in [0.5, 0.6) is 5.75 Å². The zero-order valence-electron chi connectivity index (χ0n) is 37.9. The number of ether oxygens (including phenoxy) is 1. The number of piperidine rings is 1. The fourth-order valence-corrected chi connectivity index (χ4v) is 9.42. The minimum Gasteiger partial charge on any atom is -0.496 e. The number of carbonyl (C=O) groups excluding carboxylic acids is 4. The molecule has 4 fully saturated rings. The minimum atomic E-state index is -4.09. The number of methoxy groups -OCH3 is 1. The summed E-state index contributed by atoms with van der Waals surface area (Å²) >= 11 is 0. The number of hydrogen-bond donors (Lipinski definition) is 3.